The van der Waals surface area contributed by atoms with Crippen molar-refractivity contribution in [2.45, 2.75) is 52.9 Å². The fourth-order valence-electron chi connectivity index (χ4n) is 2.82. The van der Waals surface area contributed by atoms with Crippen LogP contribution in [-0.2, 0) is 4.79 Å². The van der Waals surface area contributed by atoms with Crippen LogP contribution in [0.2, 0.25) is 0 Å². The highest BCUT2D eigenvalue weighted by atomic mass is 16.4. The molecule has 2 atom stereocenters. The fraction of sp³-hybridized carbons (Fsp3) is 0.917. The molecule has 1 rings (SSSR count). The first-order valence-electron chi connectivity index (χ1n) is 5.63. The van der Waals surface area contributed by atoms with Crippen LogP contribution in [0.3, 0.4) is 0 Å². The van der Waals surface area contributed by atoms with Crippen LogP contribution in [0.15, 0.2) is 0 Å². The van der Waals surface area contributed by atoms with Crippen LogP contribution < -0.4 is 0 Å². The van der Waals surface area contributed by atoms with Crippen LogP contribution >= 0.6 is 0 Å². The molecule has 1 fully saturated rings. The van der Waals surface area contributed by atoms with Crippen LogP contribution in [0.1, 0.15) is 52.9 Å². The number of carbonyl (C=O) groups is 1. The van der Waals surface area contributed by atoms with Gasteiger partial charge in [0.25, 0.3) is 0 Å². The molecule has 0 aromatic rings. The third-order valence-corrected chi connectivity index (χ3v) is 3.46. The monoisotopic (exact) mass is 198 g/mol. The summed E-state index contributed by atoms with van der Waals surface area (Å²) < 4.78 is 0. The molecular weight excluding hydrogens is 176 g/mol. The summed E-state index contributed by atoms with van der Waals surface area (Å²) in [5, 5.41) is 8.85. The van der Waals surface area contributed by atoms with Gasteiger partial charge in [-0.2, -0.15) is 0 Å². The lowest BCUT2D eigenvalue weighted by Crippen LogP contribution is -2.32. The number of hydrogen-bond acceptors (Lipinski definition) is 1. The standard InChI is InChI=1S/C12H22O2/c1-12(2,3)10-7-5-4-6-9(10)8-11(13)14/h9-10H,4-8H2,1-3H3,(H,13,14). The SMILES string of the molecule is CC(C)(C)C1CCCCC1CC(=O)O. The van der Waals surface area contributed by atoms with Gasteiger partial charge in [0, 0.05) is 6.42 Å². The predicted octanol–water partition coefficient (Wildman–Crippen LogP) is 3.31. The minimum absolute atomic E-state index is 0.264. The van der Waals surface area contributed by atoms with Gasteiger partial charge in [0.2, 0.25) is 0 Å². The third-order valence-electron chi connectivity index (χ3n) is 3.46. The Morgan fingerprint density at radius 2 is 1.86 bits per heavy atom. The second kappa shape index (κ2) is 4.33. The molecule has 2 heteroatoms. The van der Waals surface area contributed by atoms with Crippen molar-refractivity contribution in [2.75, 3.05) is 0 Å². The van der Waals surface area contributed by atoms with Gasteiger partial charge in [0.15, 0.2) is 0 Å². The van der Waals surface area contributed by atoms with Gasteiger partial charge in [0.05, 0.1) is 0 Å². The average molecular weight is 198 g/mol. The van der Waals surface area contributed by atoms with Crippen LogP contribution in [0, 0.1) is 17.3 Å². The van der Waals surface area contributed by atoms with Gasteiger partial charge in [-0.15, -0.1) is 0 Å². The summed E-state index contributed by atoms with van der Waals surface area (Å²) in [6, 6.07) is 0. The van der Waals surface area contributed by atoms with E-state index in [1.165, 1.54) is 19.3 Å². The van der Waals surface area contributed by atoms with Gasteiger partial charge in [0.1, 0.15) is 0 Å². The van der Waals surface area contributed by atoms with E-state index in [9.17, 15) is 4.79 Å². The second-order valence-electron chi connectivity index (χ2n) is 5.61. The summed E-state index contributed by atoms with van der Waals surface area (Å²) >= 11 is 0. The van der Waals surface area contributed by atoms with Gasteiger partial charge in [-0.1, -0.05) is 33.6 Å². The molecule has 14 heavy (non-hydrogen) atoms. The molecule has 2 unspecified atom stereocenters. The molecule has 0 heterocycles. The topological polar surface area (TPSA) is 37.3 Å². The highest BCUT2D eigenvalue weighted by Crippen LogP contribution is 2.43. The lowest BCUT2D eigenvalue weighted by atomic mass is 9.65. The number of carboxylic acids is 1. The maximum Gasteiger partial charge on any atom is 0.303 e. The predicted molar refractivity (Wildman–Crippen MR) is 57.2 cm³/mol. The van der Waals surface area contributed by atoms with E-state index in [0.717, 1.165) is 6.42 Å². The van der Waals surface area contributed by atoms with E-state index < -0.39 is 5.97 Å². The van der Waals surface area contributed by atoms with Gasteiger partial charge >= 0.3 is 5.97 Å². The van der Waals surface area contributed by atoms with E-state index >= 15 is 0 Å². The zero-order chi connectivity index (χ0) is 10.8. The highest BCUT2D eigenvalue weighted by molar-refractivity contribution is 5.67. The molecule has 0 amide bonds. The highest BCUT2D eigenvalue weighted by Gasteiger charge is 2.34. The number of carboxylic acid groups (broad SMARTS) is 1. The summed E-state index contributed by atoms with van der Waals surface area (Å²) in [5.74, 6) is 0.361. The fourth-order valence-corrected chi connectivity index (χ4v) is 2.82. The average Bonchev–Trinajstić information content (AvgIpc) is 2.01. The van der Waals surface area contributed by atoms with Crippen molar-refractivity contribution in [1.29, 1.82) is 0 Å². The summed E-state index contributed by atoms with van der Waals surface area (Å²) in [5.41, 5.74) is 0.264. The number of aliphatic carboxylic acids is 1. The molecule has 1 aliphatic rings. The normalized spacial score (nSPS) is 28.8. The Morgan fingerprint density at radius 1 is 1.29 bits per heavy atom. The Balaban J connectivity index is 2.64. The molecule has 0 spiro atoms. The van der Waals surface area contributed by atoms with E-state index in [1.807, 2.05) is 0 Å². The quantitative estimate of drug-likeness (QED) is 0.739. The number of rotatable bonds is 2. The molecule has 0 aromatic carbocycles. The molecule has 2 nitrogen and oxygen atoms in total. The maximum absolute atomic E-state index is 10.7. The Labute approximate surface area is 86.7 Å². The first-order valence-corrected chi connectivity index (χ1v) is 5.63. The Morgan fingerprint density at radius 3 is 2.36 bits per heavy atom. The van der Waals surface area contributed by atoms with E-state index in [1.54, 1.807) is 0 Å². The zero-order valence-electron chi connectivity index (χ0n) is 9.55. The summed E-state index contributed by atoms with van der Waals surface area (Å²) in [6.45, 7) is 6.70. The van der Waals surface area contributed by atoms with Crippen molar-refractivity contribution >= 4 is 5.97 Å². The molecule has 0 aliphatic heterocycles. The van der Waals surface area contributed by atoms with Gasteiger partial charge in [-0.3, -0.25) is 4.79 Å². The zero-order valence-corrected chi connectivity index (χ0v) is 9.55. The van der Waals surface area contributed by atoms with E-state index in [4.69, 9.17) is 5.11 Å². The van der Waals surface area contributed by atoms with Crippen molar-refractivity contribution in [1.82, 2.24) is 0 Å². The minimum atomic E-state index is -0.633. The Kier molecular flexibility index (Phi) is 3.57. The molecule has 1 aliphatic carbocycles. The van der Waals surface area contributed by atoms with Crippen molar-refractivity contribution < 1.29 is 9.90 Å². The first kappa shape index (κ1) is 11.5. The van der Waals surface area contributed by atoms with E-state index in [-0.39, 0.29) is 5.41 Å². The molecule has 0 aromatic heterocycles. The van der Waals surface area contributed by atoms with Crippen LogP contribution in [0.5, 0.6) is 0 Å². The largest absolute Gasteiger partial charge is 0.481 e. The van der Waals surface area contributed by atoms with Crippen molar-refractivity contribution in [3.05, 3.63) is 0 Å². The third kappa shape index (κ3) is 3.00. The lowest BCUT2D eigenvalue weighted by Gasteiger charge is -2.40. The van der Waals surface area contributed by atoms with Crippen LogP contribution in [0.4, 0.5) is 0 Å². The molecule has 1 N–H and O–H groups in total. The molecule has 0 radical (unpaired) electrons. The van der Waals surface area contributed by atoms with Crippen LogP contribution in [0.25, 0.3) is 0 Å². The minimum Gasteiger partial charge on any atom is -0.481 e. The van der Waals surface area contributed by atoms with E-state index in [2.05, 4.69) is 20.8 Å². The second-order valence-corrected chi connectivity index (χ2v) is 5.61. The summed E-state index contributed by atoms with van der Waals surface area (Å²) in [6.07, 6.45) is 5.17. The number of hydrogen-bond donors (Lipinski definition) is 1. The van der Waals surface area contributed by atoms with Crippen LogP contribution in [-0.4, -0.2) is 11.1 Å². The van der Waals surface area contributed by atoms with Crippen molar-refractivity contribution in [3.63, 3.8) is 0 Å². The van der Waals surface area contributed by atoms with Crippen molar-refractivity contribution in [2.24, 2.45) is 17.3 Å². The lowest BCUT2D eigenvalue weighted by molar-refractivity contribution is -0.139. The molecule has 1 saturated carbocycles. The molecule has 0 bridgehead atoms. The van der Waals surface area contributed by atoms with Crippen molar-refractivity contribution in [3.8, 4) is 0 Å². The Hall–Kier alpha value is -0.530. The van der Waals surface area contributed by atoms with Gasteiger partial charge in [-0.25, -0.2) is 0 Å². The van der Waals surface area contributed by atoms with Gasteiger partial charge in [-0.05, 0) is 30.1 Å². The molecular formula is C12H22O2. The smallest absolute Gasteiger partial charge is 0.303 e. The maximum atomic E-state index is 10.7. The van der Waals surface area contributed by atoms with E-state index in [0.29, 0.717) is 18.3 Å². The first-order chi connectivity index (χ1) is 6.41. The summed E-state index contributed by atoms with van der Waals surface area (Å²) in [4.78, 5) is 10.7. The van der Waals surface area contributed by atoms with Gasteiger partial charge < -0.3 is 5.11 Å². The molecule has 0 saturated heterocycles. The summed E-state index contributed by atoms with van der Waals surface area (Å²) in [7, 11) is 0. The molecule has 82 valence electrons. The Bertz CT molecular complexity index is 203.